The molecule has 6 heteroatoms. The number of carboxylic acid groups (broad SMARTS) is 1. The lowest BCUT2D eigenvalue weighted by Crippen LogP contribution is -2.18. The molecule has 0 saturated heterocycles. The average Bonchev–Trinajstić information content (AvgIpc) is 2.48. The number of anilines is 2. The van der Waals surface area contributed by atoms with E-state index in [0.29, 0.717) is 0 Å². The number of para-hydroxylation sites is 1. The monoisotopic (exact) mass is 288 g/mol. The largest absolute Gasteiger partial charge is 0.478 e. The Bertz CT molecular complexity index is 701. The summed E-state index contributed by atoms with van der Waals surface area (Å²) in [5.41, 5.74) is 0.590. The quantitative estimate of drug-likeness (QED) is 0.808. The van der Waals surface area contributed by atoms with Crippen molar-refractivity contribution in [2.75, 3.05) is 12.4 Å². The molecule has 3 N–H and O–H groups in total. The first kappa shape index (κ1) is 14.5. The summed E-state index contributed by atoms with van der Waals surface area (Å²) in [7, 11) is 1.45. The first-order valence-electron chi connectivity index (χ1n) is 6.14. The van der Waals surface area contributed by atoms with Gasteiger partial charge in [0.25, 0.3) is 5.91 Å². The lowest BCUT2D eigenvalue weighted by atomic mass is 10.1. The smallest absolute Gasteiger partial charge is 0.337 e. The molecule has 0 spiro atoms. The third-order valence-electron chi connectivity index (χ3n) is 2.89. The molecule has 0 unspecified atom stereocenters. The number of aromatic carboxylic acids is 1. The van der Waals surface area contributed by atoms with Crippen LogP contribution in [0.1, 0.15) is 20.7 Å². The highest BCUT2D eigenvalue weighted by atomic mass is 19.1. The van der Waals surface area contributed by atoms with Gasteiger partial charge in [-0.1, -0.05) is 12.1 Å². The van der Waals surface area contributed by atoms with E-state index in [0.717, 1.165) is 6.07 Å². The third-order valence-corrected chi connectivity index (χ3v) is 2.89. The van der Waals surface area contributed by atoms with Crippen molar-refractivity contribution < 1.29 is 19.1 Å². The van der Waals surface area contributed by atoms with Crippen LogP contribution in [0, 0.1) is 5.82 Å². The number of hydrogen-bond donors (Lipinski definition) is 3. The van der Waals surface area contributed by atoms with Gasteiger partial charge in [0.2, 0.25) is 0 Å². The molecule has 2 aromatic carbocycles. The molecule has 0 atom stereocenters. The maximum Gasteiger partial charge on any atom is 0.337 e. The Labute approximate surface area is 120 Å². The Hall–Kier alpha value is -2.89. The molecular weight excluding hydrogens is 275 g/mol. The Balaban J connectivity index is 2.33. The van der Waals surface area contributed by atoms with Crippen molar-refractivity contribution in [3.05, 3.63) is 59.4 Å². The molecule has 0 fully saturated rings. The molecule has 0 aliphatic carbocycles. The van der Waals surface area contributed by atoms with E-state index in [4.69, 9.17) is 5.11 Å². The van der Waals surface area contributed by atoms with Gasteiger partial charge in [-0.05, 0) is 30.3 Å². The van der Waals surface area contributed by atoms with Gasteiger partial charge in [-0.3, -0.25) is 4.79 Å². The minimum atomic E-state index is -1.11. The summed E-state index contributed by atoms with van der Waals surface area (Å²) in [4.78, 5) is 22.5. The molecule has 2 rings (SSSR count). The number of carbonyl (C=O) groups excluding carboxylic acids is 1. The van der Waals surface area contributed by atoms with Crippen LogP contribution in [-0.2, 0) is 0 Å². The lowest BCUT2D eigenvalue weighted by molar-refractivity contribution is 0.0697. The fourth-order valence-corrected chi connectivity index (χ4v) is 1.83. The number of amides is 1. The second kappa shape index (κ2) is 6.04. The van der Waals surface area contributed by atoms with Gasteiger partial charge in [0.05, 0.1) is 16.9 Å². The van der Waals surface area contributed by atoms with Crippen molar-refractivity contribution in [2.45, 2.75) is 0 Å². The molecule has 0 aliphatic rings. The summed E-state index contributed by atoms with van der Waals surface area (Å²) in [6.07, 6.45) is 0. The fourth-order valence-electron chi connectivity index (χ4n) is 1.83. The van der Waals surface area contributed by atoms with Crippen LogP contribution < -0.4 is 10.6 Å². The molecule has 0 aliphatic heterocycles. The van der Waals surface area contributed by atoms with Gasteiger partial charge in [-0.15, -0.1) is 0 Å². The van der Waals surface area contributed by atoms with E-state index in [1.807, 2.05) is 0 Å². The van der Waals surface area contributed by atoms with E-state index in [9.17, 15) is 14.0 Å². The molecular formula is C15H13FN2O3. The minimum absolute atomic E-state index is 0.0345. The molecule has 108 valence electrons. The number of carbonyl (C=O) groups is 2. The maximum absolute atomic E-state index is 14.0. The van der Waals surface area contributed by atoms with Gasteiger partial charge in [0.15, 0.2) is 0 Å². The number of rotatable bonds is 4. The number of nitrogens with one attached hydrogen (secondary N) is 2. The lowest BCUT2D eigenvalue weighted by Gasteiger charge is -2.11. The molecule has 0 aromatic heterocycles. The second-order valence-electron chi connectivity index (χ2n) is 4.25. The highest BCUT2D eigenvalue weighted by Crippen LogP contribution is 2.24. The minimum Gasteiger partial charge on any atom is -0.478 e. The molecule has 5 nitrogen and oxygen atoms in total. The Morgan fingerprint density at radius 3 is 2.43 bits per heavy atom. The zero-order valence-electron chi connectivity index (χ0n) is 11.2. The Morgan fingerprint density at radius 1 is 1.10 bits per heavy atom. The van der Waals surface area contributed by atoms with Crippen molar-refractivity contribution in [1.82, 2.24) is 5.32 Å². The van der Waals surface area contributed by atoms with Crippen LogP contribution in [0.25, 0.3) is 0 Å². The van der Waals surface area contributed by atoms with Gasteiger partial charge in [-0.25, -0.2) is 9.18 Å². The zero-order chi connectivity index (χ0) is 15.4. The van der Waals surface area contributed by atoms with Gasteiger partial charge in [0.1, 0.15) is 5.82 Å². The second-order valence-corrected chi connectivity index (χ2v) is 4.25. The van der Waals surface area contributed by atoms with Crippen LogP contribution in [0.2, 0.25) is 0 Å². The van der Waals surface area contributed by atoms with E-state index >= 15 is 0 Å². The van der Waals surface area contributed by atoms with Gasteiger partial charge in [0, 0.05) is 12.6 Å². The van der Waals surface area contributed by atoms with Gasteiger partial charge < -0.3 is 15.7 Å². The number of carboxylic acids is 1. The summed E-state index contributed by atoms with van der Waals surface area (Å²) >= 11 is 0. The van der Waals surface area contributed by atoms with Gasteiger partial charge in [-0.2, -0.15) is 0 Å². The van der Waals surface area contributed by atoms with Crippen molar-refractivity contribution in [1.29, 1.82) is 0 Å². The molecule has 1 amide bonds. The Morgan fingerprint density at radius 2 is 1.81 bits per heavy atom. The standard InChI is InChI=1S/C15H13FN2O3/c1-17-14(19)9-6-7-13(11(16)8-9)18-12-5-3-2-4-10(12)15(20)21/h2-8,18H,1H3,(H,17,19)(H,20,21). The van der Waals surface area contributed by atoms with E-state index in [1.54, 1.807) is 12.1 Å². The maximum atomic E-state index is 14.0. The SMILES string of the molecule is CNC(=O)c1ccc(Nc2ccccc2C(=O)O)c(F)c1. The van der Waals surface area contributed by atoms with Crippen LogP contribution in [0.4, 0.5) is 15.8 Å². The van der Waals surface area contributed by atoms with E-state index in [1.165, 1.54) is 31.3 Å². The molecule has 0 bridgehead atoms. The van der Waals surface area contributed by atoms with E-state index in [2.05, 4.69) is 10.6 Å². The predicted octanol–water partition coefficient (Wildman–Crippen LogP) is 2.63. The molecule has 0 heterocycles. The summed E-state index contributed by atoms with van der Waals surface area (Å²) < 4.78 is 14.0. The molecule has 0 saturated carbocycles. The predicted molar refractivity (Wildman–Crippen MR) is 76.5 cm³/mol. The number of benzene rings is 2. The van der Waals surface area contributed by atoms with Crippen LogP contribution in [0.15, 0.2) is 42.5 Å². The topological polar surface area (TPSA) is 78.4 Å². The fraction of sp³-hybridized carbons (Fsp3) is 0.0667. The summed E-state index contributed by atoms with van der Waals surface area (Å²) in [5, 5.41) is 14.2. The number of halogens is 1. The van der Waals surface area contributed by atoms with Crippen LogP contribution in [0.3, 0.4) is 0 Å². The van der Waals surface area contributed by atoms with Crippen LogP contribution in [0.5, 0.6) is 0 Å². The summed E-state index contributed by atoms with van der Waals surface area (Å²) in [5.74, 6) is -2.15. The molecule has 2 aromatic rings. The summed E-state index contributed by atoms with van der Waals surface area (Å²) in [6.45, 7) is 0. The van der Waals surface area contributed by atoms with Crippen molar-refractivity contribution >= 4 is 23.3 Å². The highest BCUT2D eigenvalue weighted by Gasteiger charge is 2.12. The van der Waals surface area contributed by atoms with Crippen molar-refractivity contribution in [2.24, 2.45) is 0 Å². The average molecular weight is 288 g/mol. The normalized spacial score (nSPS) is 10.0. The van der Waals surface area contributed by atoms with E-state index in [-0.39, 0.29) is 22.5 Å². The van der Waals surface area contributed by atoms with Crippen LogP contribution in [-0.4, -0.2) is 24.0 Å². The number of hydrogen-bond acceptors (Lipinski definition) is 3. The van der Waals surface area contributed by atoms with Crippen molar-refractivity contribution in [3.8, 4) is 0 Å². The summed E-state index contributed by atoms with van der Waals surface area (Å²) in [6, 6.07) is 10.1. The Kier molecular flexibility index (Phi) is 4.18. The van der Waals surface area contributed by atoms with E-state index < -0.39 is 17.7 Å². The van der Waals surface area contributed by atoms with Crippen molar-refractivity contribution in [3.63, 3.8) is 0 Å². The molecule has 21 heavy (non-hydrogen) atoms. The first-order chi connectivity index (χ1) is 10.0. The van der Waals surface area contributed by atoms with Crippen LogP contribution >= 0.6 is 0 Å². The molecule has 0 radical (unpaired) electrons. The first-order valence-corrected chi connectivity index (χ1v) is 6.14. The third kappa shape index (κ3) is 3.17. The highest BCUT2D eigenvalue weighted by molar-refractivity contribution is 5.96. The van der Waals surface area contributed by atoms with Gasteiger partial charge >= 0.3 is 5.97 Å². The zero-order valence-corrected chi connectivity index (χ0v) is 11.2.